The molecule has 3 N–H and O–H groups in total. The summed E-state index contributed by atoms with van der Waals surface area (Å²) in [6.45, 7) is 10.2. The molecule has 1 aliphatic rings. The SMILES string of the molecule is CC[C@H](C)[C@@H]([C@@H](CC(=O)N1CCC[C@H]1[C@H](OC)[C@@H](C)C(=O)N[C@@H](Cc1ccccc1)C(=O)OC)OC)N(C)C(=O)[C@@H](N)C(C)C.Cl. The Hall–Kier alpha value is -2.73. The van der Waals surface area contributed by atoms with Crippen LogP contribution in [0.4, 0.5) is 0 Å². The topological polar surface area (TPSA) is 141 Å². The third kappa shape index (κ3) is 10.7. The molecule has 0 aromatic heterocycles. The second-order valence-electron chi connectivity index (χ2n) is 12.6. The maximum atomic E-state index is 13.9. The van der Waals surface area contributed by atoms with Crippen LogP contribution in [0.3, 0.4) is 0 Å². The fourth-order valence-electron chi connectivity index (χ4n) is 6.31. The first-order chi connectivity index (χ1) is 21.3. The minimum atomic E-state index is -0.866. The van der Waals surface area contributed by atoms with Gasteiger partial charge in [0.15, 0.2) is 0 Å². The van der Waals surface area contributed by atoms with Crippen molar-refractivity contribution < 1.29 is 33.4 Å². The van der Waals surface area contributed by atoms with Gasteiger partial charge in [0.1, 0.15) is 6.04 Å². The molecular weight excluding hydrogens is 612 g/mol. The molecule has 46 heavy (non-hydrogen) atoms. The monoisotopic (exact) mass is 668 g/mol. The number of esters is 1. The van der Waals surface area contributed by atoms with Crippen molar-refractivity contribution in [2.75, 3.05) is 34.9 Å². The lowest BCUT2D eigenvalue weighted by molar-refractivity contribution is -0.148. The van der Waals surface area contributed by atoms with Crippen LogP contribution in [-0.2, 0) is 39.8 Å². The van der Waals surface area contributed by atoms with Crippen molar-refractivity contribution in [2.24, 2.45) is 23.5 Å². The molecule has 0 spiro atoms. The first kappa shape index (κ1) is 41.3. The van der Waals surface area contributed by atoms with Gasteiger partial charge < -0.3 is 35.1 Å². The highest BCUT2D eigenvalue weighted by molar-refractivity contribution is 5.86. The molecular formula is C34H57ClN4O7. The number of carbonyl (C=O) groups excluding carboxylic acids is 4. The number of benzene rings is 1. The average Bonchev–Trinajstić information content (AvgIpc) is 3.52. The van der Waals surface area contributed by atoms with Crippen molar-refractivity contribution in [2.45, 2.75) is 103 Å². The lowest BCUT2D eigenvalue weighted by Crippen LogP contribution is -2.56. The molecule has 1 fully saturated rings. The van der Waals surface area contributed by atoms with Crippen LogP contribution in [-0.4, -0.2) is 105 Å². The summed E-state index contributed by atoms with van der Waals surface area (Å²) < 4.78 is 16.7. The zero-order chi connectivity index (χ0) is 33.8. The number of hydrogen-bond donors (Lipinski definition) is 2. The van der Waals surface area contributed by atoms with Crippen LogP contribution in [0.2, 0.25) is 0 Å². The van der Waals surface area contributed by atoms with E-state index in [1.165, 1.54) is 14.2 Å². The van der Waals surface area contributed by atoms with Crippen molar-refractivity contribution in [3.05, 3.63) is 35.9 Å². The van der Waals surface area contributed by atoms with Crippen molar-refractivity contribution >= 4 is 36.1 Å². The van der Waals surface area contributed by atoms with Gasteiger partial charge >= 0.3 is 5.97 Å². The number of likely N-dealkylation sites (N-methyl/N-ethyl adjacent to an activating group) is 1. The molecule has 0 aliphatic carbocycles. The maximum absolute atomic E-state index is 13.9. The summed E-state index contributed by atoms with van der Waals surface area (Å²) in [6, 6.07) is 7.18. The first-order valence-electron chi connectivity index (χ1n) is 16.1. The van der Waals surface area contributed by atoms with E-state index in [4.69, 9.17) is 19.9 Å². The first-order valence-corrected chi connectivity index (χ1v) is 16.1. The highest BCUT2D eigenvalue weighted by atomic mass is 35.5. The highest BCUT2D eigenvalue weighted by Crippen LogP contribution is 2.29. The van der Waals surface area contributed by atoms with Crippen LogP contribution in [0.1, 0.15) is 65.9 Å². The Morgan fingerprint density at radius 1 is 1.04 bits per heavy atom. The molecule has 8 atom stereocenters. The van der Waals surface area contributed by atoms with Gasteiger partial charge in [-0.05, 0) is 30.2 Å². The molecule has 0 radical (unpaired) electrons. The number of carbonyl (C=O) groups is 4. The fourth-order valence-corrected chi connectivity index (χ4v) is 6.31. The molecule has 1 aliphatic heterocycles. The zero-order valence-electron chi connectivity index (χ0n) is 29.1. The number of rotatable bonds is 17. The Balaban J connectivity index is 0.0000106. The minimum absolute atomic E-state index is 0. The molecule has 3 amide bonds. The van der Waals surface area contributed by atoms with Crippen molar-refractivity contribution in [3.8, 4) is 0 Å². The lowest BCUT2D eigenvalue weighted by atomic mass is 9.89. The van der Waals surface area contributed by atoms with E-state index >= 15 is 0 Å². The molecule has 11 nitrogen and oxygen atoms in total. The van der Waals surface area contributed by atoms with Gasteiger partial charge in [0, 0.05) is 34.2 Å². The van der Waals surface area contributed by atoms with Crippen LogP contribution in [0.25, 0.3) is 0 Å². The molecule has 2 rings (SSSR count). The van der Waals surface area contributed by atoms with Crippen LogP contribution >= 0.6 is 12.4 Å². The molecule has 1 aromatic rings. The Labute approximate surface area is 281 Å². The van der Waals surface area contributed by atoms with Gasteiger partial charge in [-0.25, -0.2) is 4.79 Å². The van der Waals surface area contributed by atoms with Gasteiger partial charge in [0.25, 0.3) is 0 Å². The van der Waals surface area contributed by atoms with Gasteiger partial charge in [-0.3, -0.25) is 14.4 Å². The Morgan fingerprint density at radius 2 is 1.67 bits per heavy atom. The molecule has 12 heteroatoms. The zero-order valence-corrected chi connectivity index (χ0v) is 29.9. The van der Waals surface area contributed by atoms with Gasteiger partial charge in [-0.1, -0.05) is 71.4 Å². The second kappa shape index (κ2) is 19.8. The van der Waals surface area contributed by atoms with Gasteiger partial charge in [-0.2, -0.15) is 0 Å². The lowest BCUT2D eigenvalue weighted by Gasteiger charge is -2.40. The second-order valence-corrected chi connectivity index (χ2v) is 12.6. The quantitative estimate of drug-likeness (QED) is 0.241. The van der Waals surface area contributed by atoms with E-state index in [2.05, 4.69) is 5.32 Å². The van der Waals surface area contributed by atoms with E-state index in [0.717, 1.165) is 18.4 Å². The maximum Gasteiger partial charge on any atom is 0.328 e. The van der Waals surface area contributed by atoms with Crippen molar-refractivity contribution in [3.63, 3.8) is 0 Å². The van der Waals surface area contributed by atoms with Crippen LogP contribution < -0.4 is 11.1 Å². The largest absolute Gasteiger partial charge is 0.467 e. The molecule has 1 heterocycles. The van der Waals surface area contributed by atoms with Crippen LogP contribution in [0.5, 0.6) is 0 Å². The van der Waals surface area contributed by atoms with E-state index < -0.39 is 36.2 Å². The average molecular weight is 669 g/mol. The number of amides is 3. The van der Waals surface area contributed by atoms with E-state index in [9.17, 15) is 19.2 Å². The third-order valence-electron chi connectivity index (χ3n) is 9.35. The Morgan fingerprint density at radius 3 is 2.20 bits per heavy atom. The van der Waals surface area contributed by atoms with E-state index in [1.54, 1.807) is 30.9 Å². The number of ether oxygens (including phenoxy) is 3. The standard InChI is InChI=1S/C34H56N4O7.ClH/c1-10-22(4)30(37(6)33(41)29(35)21(2)3)27(43-7)20-28(39)38-18-14-17-26(38)31(44-8)23(5)32(40)36-25(34(42)45-9)19-24-15-12-11-13-16-24;/h11-13,15-16,21-23,25-27,29-31H,10,14,17-20,35H2,1-9H3,(H,36,40);1H/t22-,23+,25-,26-,27+,29-,30-,31+;/m0./s1. The van der Waals surface area contributed by atoms with E-state index in [0.29, 0.717) is 13.0 Å². The van der Waals surface area contributed by atoms with Gasteiger partial charge in [0.2, 0.25) is 17.7 Å². The van der Waals surface area contributed by atoms with E-state index in [-0.39, 0.29) is 66.9 Å². The summed E-state index contributed by atoms with van der Waals surface area (Å²) in [7, 11) is 6.12. The van der Waals surface area contributed by atoms with Crippen molar-refractivity contribution in [1.82, 2.24) is 15.1 Å². The molecule has 0 unspecified atom stereocenters. The number of nitrogens with zero attached hydrogens (tertiary/aromatic N) is 2. The third-order valence-corrected chi connectivity index (χ3v) is 9.35. The molecule has 1 aromatic carbocycles. The number of nitrogens with two attached hydrogens (primary N) is 1. The summed E-state index contributed by atoms with van der Waals surface area (Å²) in [5, 5.41) is 2.85. The fraction of sp³-hybridized carbons (Fsp3) is 0.706. The predicted molar refractivity (Wildman–Crippen MR) is 180 cm³/mol. The van der Waals surface area contributed by atoms with Gasteiger partial charge in [0.05, 0.1) is 49.8 Å². The Bertz CT molecular complexity index is 1110. The van der Waals surface area contributed by atoms with E-state index in [1.807, 2.05) is 58.0 Å². The number of methoxy groups -OCH3 is 3. The number of halogens is 1. The summed E-state index contributed by atoms with van der Waals surface area (Å²) in [4.78, 5) is 56.6. The summed E-state index contributed by atoms with van der Waals surface area (Å²) in [6.07, 6.45) is 1.40. The molecule has 1 saturated heterocycles. The normalized spacial score (nSPS) is 19.2. The van der Waals surface area contributed by atoms with Crippen molar-refractivity contribution in [1.29, 1.82) is 0 Å². The smallest absolute Gasteiger partial charge is 0.328 e. The van der Waals surface area contributed by atoms with Crippen LogP contribution in [0, 0.1) is 17.8 Å². The number of likely N-dealkylation sites (tertiary alicyclic amines) is 1. The summed E-state index contributed by atoms with van der Waals surface area (Å²) in [5.74, 6) is -1.84. The van der Waals surface area contributed by atoms with Crippen LogP contribution in [0.15, 0.2) is 30.3 Å². The number of nitrogens with one attached hydrogen (secondary N) is 1. The summed E-state index contributed by atoms with van der Waals surface area (Å²) in [5.41, 5.74) is 7.10. The molecule has 0 saturated carbocycles. The summed E-state index contributed by atoms with van der Waals surface area (Å²) >= 11 is 0. The predicted octanol–water partition coefficient (Wildman–Crippen LogP) is 3.21. The molecule has 262 valence electrons. The highest BCUT2D eigenvalue weighted by Gasteiger charge is 2.42. The van der Waals surface area contributed by atoms with Gasteiger partial charge in [-0.15, -0.1) is 12.4 Å². The molecule has 0 bridgehead atoms. The Kier molecular flexibility index (Phi) is 17.8. The number of hydrogen-bond acceptors (Lipinski definition) is 8. The minimum Gasteiger partial charge on any atom is -0.467 e.